The molecule has 0 spiro atoms. The quantitative estimate of drug-likeness (QED) is 0.213. The maximum atomic E-state index is 16.2. The summed E-state index contributed by atoms with van der Waals surface area (Å²) in [6, 6.07) is -1.06. The van der Waals surface area contributed by atoms with Crippen molar-refractivity contribution in [3.05, 3.63) is 23.3 Å². The first-order chi connectivity index (χ1) is 27.1. The van der Waals surface area contributed by atoms with Crippen LogP contribution in [0.15, 0.2) is 23.3 Å². The first-order valence-electron chi connectivity index (χ1n) is 21.5. The fraction of sp³-hybridized carbons (Fsp3) is 0.818. The van der Waals surface area contributed by atoms with Crippen molar-refractivity contribution in [2.75, 3.05) is 47.1 Å². The third-order valence-corrected chi connectivity index (χ3v) is 13.6. The maximum absolute atomic E-state index is 16.2. The number of cyclic esters (lactones) is 1. The van der Waals surface area contributed by atoms with E-state index in [1.165, 1.54) is 19.1 Å². The second kappa shape index (κ2) is 19.7. The van der Waals surface area contributed by atoms with E-state index in [0.717, 1.165) is 37.9 Å². The number of morpholine rings is 1. The molecule has 1 amide bonds. The number of ketones is 2. The smallest absolute Gasteiger partial charge is 0.329 e. The molecule has 57 heavy (non-hydrogen) atoms. The number of methoxy groups -OCH3 is 2. The van der Waals surface area contributed by atoms with Crippen molar-refractivity contribution < 1.29 is 52.4 Å². The molecule has 2 bridgehead atoms. The van der Waals surface area contributed by atoms with Gasteiger partial charge in [-0.3, -0.25) is 19.3 Å². The van der Waals surface area contributed by atoms with Crippen LogP contribution in [0.1, 0.15) is 112 Å². The normalized spacial score (nSPS) is 40.4. The number of rotatable bonds is 5. The van der Waals surface area contributed by atoms with Crippen molar-refractivity contribution in [1.29, 1.82) is 0 Å². The van der Waals surface area contributed by atoms with Crippen molar-refractivity contribution in [1.82, 2.24) is 9.80 Å². The van der Waals surface area contributed by atoms with Crippen LogP contribution in [0.3, 0.4) is 0 Å². The number of Topliss-reactive ketones (excluding diaryl/α,β-unsaturated/α-hetero) is 2. The fourth-order valence-corrected chi connectivity index (χ4v) is 10.0. The summed E-state index contributed by atoms with van der Waals surface area (Å²) in [6.07, 6.45) is 5.26. The first-order valence-corrected chi connectivity index (χ1v) is 21.5. The summed E-state index contributed by atoms with van der Waals surface area (Å²) in [5.41, 5.74) is 0.933. The number of ether oxygens (including phenoxy) is 5. The molecule has 5 rings (SSSR count). The molecule has 1 N–H and O–H groups in total. The Morgan fingerprint density at radius 1 is 0.982 bits per heavy atom. The predicted octanol–water partition coefficient (Wildman–Crippen LogP) is 5.53. The molecule has 0 aromatic heterocycles. The molecule has 5 aliphatic heterocycles. The van der Waals surface area contributed by atoms with Gasteiger partial charge in [-0.15, -0.1) is 0 Å². The largest absolute Gasteiger partial charge is 0.456 e. The molecule has 5 aliphatic rings. The Labute approximate surface area is 339 Å². The molecule has 12 nitrogen and oxygen atoms in total. The summed E-state index contributed by atoms with van der Waals surface area (Å²) in [5.74, 6) is -7.64. The number of halogens is 1. The van der Waals surface area contributed by atoms with E-state index >= 15 is 4.39 Å². The zero-order valence-electron chi connectivity index (χ0n) is 35.6. The fourth-order valence-electron chi connectivity index (χ4n) is 10.0. The Kier molecular flexibility index (Phi) is 15.7. The zero-order valence-corrected chi connectivity index (χ0v) is 35.6. The molecule has 0 aromatic carbocycles. The Bertz CT molecular complexity index is 1490. The molecule has 12 atom stereocenters. The van der Waals surface area contributed by atoms with Gasteiger partial charge in [0.05, 0.1) is 31.0 Å². The van der Waals surface area contributed by atoms with E-state index in [9.17, 15) is 24.3 Å². The van der Waals surface area contributed by atoms with Gasteiger partial charge in [0.25, 0.3) is 11.7 Å². The van der Waals surface area contributed by atoms with Gasteiger partial charge in [-0.25, -0.2) is 9.18 Å². The summed E-state index contributed by atoms with van der Waals surface area (Å²) in [4.78, 5) is 60.4. The number of aliphatic hydroxyl groups is 1. The second-order valence-corrected chi connectivity index (χ2v) is 17.7. The number of carbonyl (C=O) groups is 4. The zero-order chi connectivity index (χ0) is 41.7. The number of fused-ring (bicyclic) bond motifs is 4. The van der Waals surface area contributed by atoms with E-state index in [-0.39, 0.29) is 49.5 Å². The highest BCUT2D eigenvalue weighted by molar-refractivity contribution is 6.39. The van der Waals surface area contributed by atoms with Crippen molar-refractivity contribution in [2.45, 2.75) is 160 Å². The molecule has 12 unspecified atom stereocenters. The maximum Gasteiger partial charge on any atom is 0.329 e. The molecule has 4 saturated heterocycles. The number of alkyl halides is 1. The predicted molar refractivity (Wildman–Crippen MR) is 212 cm³/mol. The molecule has 4 fully saturated rings. The number of hydrogen-bond acceptors (Lipinski definition) is 11. The summed E-state index contributed by atoms with van der Waals surface area (Å²) in [7, 11) is 2.94. The minimum atomic E-state index is -2.55. The van der Waals surface area contributed by atoms with Crippen LogP contribution >= 0.6 is 0 Å². The van der Waals surface area contributed by atoms with Gasteiger partial charge in [0.1, 0.15) is 30.2 Å². The van der Waals surface area contributed by atoms with E-state index in [1.54, 1.807) is 26.8 Å². The number of amides is 1. The average molecular weight is 805 g/mol. The van der Waals surface area contributed by atoms with Crippen LogP contribution in [0.2, 0.25) is 0 Å². The molecule has 0 aromatic rings. The van der Waals surface area contributed by atoms with Crippen LogP contribution in [0.5, 0.6) is 0 Å². The lowest BCUT2D eigenvalue weighted by atomic mass is 9.81. The van der Waals surface area contributed by atoms with Crippen LogP contribution in [-0.2, 0) is 42.9 Å². The molecule has 13 heteroatoms. The Morgan fingerprint density at radius 2 is 1.68 bits per heavy atom. The van der Waals surface area contributed by atoms with Crippen molar-refractivity contribution in [3.63, 3.8) is 0 Å². The molecular weight excluding hydrogens is 735 g/mol. The van der Waals surface area contributed by atoms with E-state index in [2.05, 4.69) is 11.0 Å². The van der Waals surface area contributed by atoms with Gasteiger partial charge in [0, 0.05) is 45.6 Å². The Hall–Kier alpha value is -2.55. The third kappa shape index (κ3) is 9.92. The van der Waals surface area contributed by atoms with Gasteiger partial charge in [-0.2, -0.15) is 0 Å². The lowest BCUT2D eigenvalue weighted by Gasteiger charge is -2.49. The highest BCUT2D eigenvalue weighted by atomic mass is 19.1. The van der Waals surface area contributed by atoms with Gasteiger partial charge < -0.3 is 33.7 Å². The third-order valence-electron chi connectivity index (χ3n) is 13.6. The van der Waals surface area contributed by atoms with Crippen LogP contribution in [0.4, 0.5) is 4.39 Å². The highest BCUT2D eigenvalue weighted by Crippen LogP contribution is 2.40. The lowest BCUT2D eigenvalue weighted by Crippen LogP contribution is -2.64. The SMILES string of the molecule is CCC1C=C(C)C(F)C(C)CC(OC)C2OC(O)(C(=O)C(=O)N3CCCCC3C(=O)OC(C(C)=CC34CCCCN3CCOC4)C(C)CCC1=O)C(C)CC2OC. The molecule has 322 valence electrons. The number of piperidine rings is 2. The van der Waals surface area contributed by atoms with Gasteiger partial charge >= 0.3 is 5.97 Å². The monoisotopic (exact) mass is 804 g/mol. The number of allylic oxidation sites excluding steroid dienone is 2. The average Bonchev–Trinajstić information content (AvgIpc) is 3.21. The highest BCUT2D eigenvalue weighted by Gasteiger charge is 2.57. The number of nitrogens with zero attached hydrogens (tertiary/aromatic N) is 2. The van der Waals surface area contributed by atoms with Gasteiger partial charge in [-0.1, -0.05) is 39.8 Å². The van der Waals surface area contributed by atoms with Crippen molar-refractivity contribution in [3.8, 4) is 0 Å². The van der Waals surface area contributed by atoms with Gasteiger partial charge in [0.15, 0.2) is 0 Å². The van der Waals surface area contributed by atoms with Gasteiger partial charge in [0.2, 0.25) is 5.79 Å². The summed E-state index contributed by atoms with van der Waals surface area (Å²) in [5, 5.41) is 12.0. The lowest BCUT2D eigenvalue weighted by molar-refractivity contribution is -0.302. The van der Waals surface area contributed by atoms with Crippen LogP contribution in [-0.4, -0.2) is 133 Å². The Morgan fingerprint density at radius 3 is 2.39 bits per heavy atom. The van der Waals surface area contributed by atoms with E-state index < -0.39 is 77.8 Å². The Balaban J connectivity index is 1.55. The first kappa shape index (κ1) is 45.5. The number of hydrogen-bond donors (Lipinski definition) is 1. The van der Waals surface area contributed by atoms with Crippen LogP contribution in [0.25, 0.3) is 0 Å². The van der Waals surface area contributed by atoms with Crippen LogP contribution in [0, 0.1) is 23.7 Å². The van der Waals surface area contributed by atoms with E-state index in [4.69, 9.17) is 23.7 Å². The molecule has 0 aliphatic carbocycles. The molecular formula is C44H69FN2O10. The molecule has 5 heterocycles. The molecule has 0 radical (unpaired) electrons. The number of esters is 1. The summed E-state index contributed by atoms with van der Waals surface area (Å²) in [6.45, 7) is 14.0. The summed E-state index contributed by atoms with van der Waals surface area (Å²) >= 11 is 0. The number of carbonyl (C=O) groups excluding carboxylic acids is 4. The second-order valence-electron chi connectivity index (χ2n) is 17.7. The van der Waals surface area contributed by atoms with Gasteiger partial charge in [-0.05, 0) is 108 Å². The van der Waals surface area contributed by atoms with E-state index in [1.807, 2.05) is 20.8 Å². The molecule has 0 saturated carbocycles. The van der Waals surface area contributed by atoms with Crippen LogP contribution < -0.4 is 0 Å². The minimum absolute atomic E-state index is 0.0110. The topological polar surface area (TPSA) is 141 Å². The van der Waals surface area contributed by atoms with Crippen molar-refractivity contribution in [2.24, 2.45) is 23.7 Å². The standard InChI is InChI=1S/C44H69FN2O10/c1-9-32-22-28(3)37(45)29(4)23-35(53-7)39-36(54-8)24-31(6)44(52,57-39)40(49)41(50)47-19-12-10-14-33(47)42(51)56-38(27(2)15-16-34(32)48)30(5)25-43-17-11-13-18-46(43)20-21-55-26-43/h22,25,27,29,31-33,35-39,52H,9-21,23-24,26H2,1-8H3. The van der Waals surface area contributed by atoms with Crippen molar-refractivity contribution >= 4 is 23.4 Å². The minimum Gasteiger partial charge on any atom is -0.456 e. The summed E-state index contributed by atoms with van der Waals surface area (Å²) < 4.78 is 46.5. The van der Waals surface area contributed by atoms with E-state index in [0.29, 0.717) is 44.5 Å².